The van der Waals surface area contributed by atoms with E-state index in [-0.39, 0.29) is 36.2 Å². The highest BCUT2D eigenvalue weighted by Gasteiger charge is 2.25. The number of carbonyl (C=O) groups excluding carboxylic acids is 2. The van der Waals surface area contributed by atoms with Crippen LogP contribution in [0.3, 0.4) is 0 Å². The number of likely N-dealkylation sites (tertiary alicyclic amines) is 1. The lowest BCUT2D eigenvalue weighted by Gasteiger charge is -2.33. The van der Waals surface area contributed by atoms with Crippen molar-refractivity contribution in [3.63, 3.8) is 0 Å². The maximum absolute atomic E-state index is 12.2. The van der Waals surface area contributed by atoms with Gasteiger partial charge in [0.2, 0.25) is 5.91 Å². The number of halogens is 1. The molecule has 0 saturated carbocycles. The van der Waals surface area contributed by atoms with Crippen molar-refractivity contribution in [1.29, 1.82) is 0 Å². The summed E-state index contributed by atoms with van der Waals surface area (Å²) in [6.45, 7) is 5.22. The van der Waals surface area contributed by atoms with Crippen molar-refractivity contribution in [2.24, 2.45) is 5.92 Å². The number of para-hydroxylation sites is 1. The molecular formula is C16H24ClN3O2. The molecule has 1 heterocycles. The lowest BCUT2D eigenvalue weighted by molar-refractivity contribution is -0.135. The largest absolute Gasteiger partial charge is 0.398 e. The zero-order chi connectivity index (χ0) is 15.4. The Balaban J connectivity index is 0.00000242. The van der Waals surface area contributed by atoms with E-state index in [9.17, 15) is 9.59 Å². The monoisotopic (exact) mass is 325 g/mol. The minimum atomic E-state index is -0.137. The predicted octanol–water partition coefficient (Wildman–Crippen LogP) is 2.07. The van der Waals surface area contributed by atoms with Crippen LogP contribution in [0.5, 0.6) is 0 Å². The molecule has 1 aliphatic rings. The molecule has 2 amide bonds. The van der Waals surface area contributed by atoms with Gasteiger partial charge in [-0.1, -0.05) is 26.0 Å². The van der Waals surface area contributed by atoms with E-state index < -0.39 is 0 Å². The molecule has 1 fully saturated rings. The van der Waals surface area contributed by atoms with Crippen LogP contribution in [-0.2, 0) is 4.79 Å². The van der Waals surface area contributed by atoms with Crippen LogP contribution < -0.4 is 11.1 Å². The smallest absolute Gasteiger partial charge is 0.253 e. The number of rotatable bonds is 3. The molecule has 0 unspecified atom stereocenters. The summed E-state index contributed by atoms with van der Waals surface area (Å²) in [6.07, 6.45) is 1.58. The number of hydrogen-bond acceptors (Lipinski definition) is 3. The fourth-order valence-corrected chi connectivity index (χ4v) is 2.58. The van der Waals surface area contributed by atoms with Gasteiger partial charge in [0.05, 0.1) is 5.56 Å². The number of hydrogen-bond donors (Lipinski definition) is 2. The van der Waals surface area contributed by atoms with Crippen LogP contribution in [0, 0.1) is 5.92 Å². The molecule has 1 aromatic carbocycles. The highest BCUT2D eigenvalue weighted by molar-refractivity contribution is 5.99. The standard InChI is InChI=1S/C16H23N3O2.ClH/c1-11(2)16(21)19-9-7-12(8-10-19)18-15(20)13-5-3-4-6-14(13)17;/h3-6,11-12H,7-10,17H2,1-2H3,(H,18,20);1H. The topological polar surface area (TPSA) is 75.4 Å². The zero-order valence-electron chi connectivity index (χ0n) is 13.0. The van der Waals surface area contributed by atoms with E-state index >= 15 is 0 Å². The molecule has 0 aliphatic carbocycles. The SMILES string of the molecule is CC(C)C(=O)N1CCC(NC(=O)c2ccccc2N)CC1.Cl. The Morgan fingerprint density at radius 1 is 1.23 bits per heavy atom. The van der Waals surface area contributed by atoms with Crippen molar-refractivity contribution in [3.05, 3.63) is 29.8 Å². The second-order valence-corrected chi connectivity index (χ2v) is 5.81. The quantitative estimate of drug-likeness (QED) is 0.835. The summed E-state index contributed by atoms with van der Waals surface area (Å²) in [5.74, 6) is 0.0778. The Kier molecular flexibility index (Phi) is 6.68. The van der Waals surface area contributed by atoms with Crippen molar-refractivity contribution in [3.8, 4) is 0 Å². The Morgan fingerprint density at radius 2 is 1.82 bits per heavy atom. The van der Waals surface area contributed by atoms with Gasteiger partial charge in [-0.3, -0.25) is 9.59 Å². The van der Waals surface area contributed by atoms with E-state index in [1.165, 1.54) is 0 Å². The third-order valence-electron chi connectivity index (χ3n) is 3.84. The minimum absolute atomic E-state index is 0. The zero-order valence-corrected chi connectivity index (χ0v) is 13.9. The highest BCUT2D eigenvalue weighted by Crippen LogP contribution is 2.15. The molecule has 0 bridgehead atoms. The predicted molar refractivity (Wildman–Crippen MR) is 90.0 cm³/mol. The lowest BCUT2D eigenvalue weighted by Crippen LogP contribution is -2.47. The average Bonchev–Trinajstić information content (AvgIpc) is 2.47. The van der Waals surface area contributed by atoms with Gasteiger partial charge in [-0.15, -0.1) is 12.4 Å². The first-order valence-electron chi connectivity index (χ1n) is 7.43. The molecule has 2 rings (SSSR count). The van der Waals surface area contributed by atoms with Crippen molar-refractivity contribution in [2.45, 2.75) is 32.7 Å². The molecule has 6 heteroatoms. The number of nitrogens with two attached hydrogens (primary N) is 1. The van der Waals surface area contributed by atoms with Crippen LogP contribution in [0.1, 0.15) is 37.0 Å². The van der Waals surface area contributed by atoms with Crippen molar-refractivity contribution in [2.75, 3.05) is 18.8 Å². The van der Waals surface area contributed by atoms with Crippen LogP contribution in [-0.4, -0.2) is 35.8 Å². The summed E-state index contributed by atoms with van der Waals surface area (Å²) in [7, 11) is 0. The summed E-state index contributed by atoms with van der Waals surface area (Å²) in [4.78, 5) is 26.0. The second kappa shape index (κ2) is 8.03. The molecule has 0 spiro atoms. The Labute approximate surface area is 137 Å². The van der Waals surface area contributed by atoms with E-state index in [0.29, 0.717) is 24.3 Å². The van der Waals surface area contributed by atoms with Crippen molar-refractivity contribution in [1.82, 2.24) is 10.2 Å². The van der Waals surface area contributed by atoms with E-state index in [4.69, 9.17) is 5.73 Å². The maximum Gasteiger partial charge on any atom is 0.253 e. The summed E-state index contributed by atoms with van der Waals surface area (Å²) in [6, 6.07) is 7.16. The van der Waals surface area contributed by atoms with Crippen LogP contribution >= 0.6 is 12.4 Å². The van der Waals surface area contributed by atoms with Gasteiger partial charge in [0.15, 0.2) is 0 Å². The van der Waals surface area contributed by atoms with Gasteiger partial charge in [0, 0.05) is 30.7 Å². The lowest BCUT2D eigenvalue weighted by atomic mass is 10.0. The number of nitrogen functional groups attached to an aromatic ring is 1. The van der Waals surface area contributed by atoms with Crippen LogP contribution in [0.25, 0.3) is 0 Å². The van der Waals surface area contributed by atoms with Gasteiger partial charge in [-0.25, -0.2) is 0 Å². The summed E-state index contributed by atoms with van der Waals surface area (Å²) < 4.78 is 0. The van der Waals surface area contributed by atoms with Crippen molar-refractivity contribution >= 4 is 29.9 Å². The molecule has 0 atom stereocenters. The van der Waals surface area contributed by atoms with Crippen LogP contribution in [0.4, 0.5) is 5.69 Å². The Morgan fingerprint density at radius 3 is 2.36 bits per heavy atom. The maximum atomic E-state index is 12.2. The Bertz CT molecular complexity index is 526. The van der Waals surface area contributed by atoms with Gasteiger partial charge >= 0.3 is 0 Å². The molecule has 1 aromatic rings. The number of piperidine rings is 1. The fourth-order valence-electron chi connectivity index (χ4n) is 2.58. The molecular weight excluding hydrogens is 302 g/mol. The van der Waals surface area contributed by atoms with E-state index in [2.05, 4.69) is 5.32 Å². The van der Waals surface area contributed by atoms with Gasteiger partial charge in [0.1, 0.15) is 0 Å². The minimum Gasteiger partial charge on any atom is -0.398 e. The molecule has 0 aromatic heterocycles. The molecule has 1 aliphatic heterocycles. The summed E-state index contributed by atoms with van der Waals surface area (Å²) in [5, 5.41) is 3.01. The van der Waals surface area contributed by atoms with Gasteiger partial charge in [-0.2, -0.15) is 0 Å². The van der Waals surface area contributed by atoms with Crippen LogP contribution in [0.15, 0.2) is 24.3 Å². The number of anilines is 1. The Hall–Kier alpha value is -1.75. The first kappa shape index (κ1) is 18.3. The number of benzene rings is 1. The number of amides is 2. The number of nitrogens with zero attached hydrogens (tertiary/aromatic N) is 1. The third kappa shape index (κ3) is 4.37. The highest BCUT2D eigenvalue weighted by atomic mass is 35.5. The number of nitrogens with one attached hydrogen (secondary N) is 1. The van der Waals surface area contributed by atoms with Gasteiger partial charge in [-0.05, 0) is 25.0 Å². The van der Waals surface area contributed by atoms with Gasteiger partial charge < -0.3 is 16.0 Å². The average molecular weight is 326 g/mol. The van der Waals surface area contributed by atoms with E-state index in [0.717, 1.165) is 12.8 Å². The second-order valence-electron chi connectivity index (χ2n) is 5.81. The van der Waals surface area contributed by atoms with E-state index in [1.54, 1.807) is 18.2 Å². The normalized spacial score (nSPS) is 15.3. The summed E-state index contributed by atoms with van der Waals surface area (Å²) >= 11 is 0. The third-order valence-corrected chi connectivity index (χ3v) is 3.84. The van der Waals surface area contributed by atoms with Crippen LogP contribution in [0.2, 0.25) is 0 Å². The molecule has 1 saturated heterocycles. The number of carbonyl (C=O) groups is 2. The fraction of sp³-hybridized carbons (Fsp3) is 0.500. The molecule has 5 nitrogen and oxygen atoms in total. The molecule has 3 N–H and O–H groups in total. The summed E-state index contributed by atoms with van der Waals surface area (Å²) in [5.41, 5.74) is 6.81. The molecule has 22 heavy (non-hydrogen) atoms. The van der Waals surface area contributed by atoms with E-state index in [1.807, 2.05) is 24.8 Å². The molecule has 0 radical (unpaired) electrons. The first-order valence-corrected chi connectivity index (χ1v) is 7.43. The van der Waals surface area contributed by atoms with Gasteiger partial charge in [0.25, 0.3) is 5.91 Å². The van der Waals surface area contributed by atoms with Crippen molar-refractivity contribution < 1.29 is 9.59 Å². The first-order chi connectivity index (χ1) is 9.99. The molecule has 122 valence electrons.